The molecule has 0 N–H and O–H groups in total. The van der Waals surface area contributed by atoms with Gasteiger partial charge in [0.25, 0.3) is 0 Å². The lowest BCUT2D eigenvalue weighted by molar-refractivity contribution is -0.104. The molecule has 0 aliphatic heterocycles. The van der Waals surface area contributed by atoms with Gasteiger partial charge < -0.3 is 0 Å². The van der Waals surface area contributed by atoms with Gasteiger partial charge in [0.2, 0.25) is 0 Å². The minimum atomic E-state index is -0.0379. The smallest absolute Gasteiger partial charge is 0.143 e. The van der Waals surface area contributed by atoms with Gasteiger partial charge in [-0.15, -0.1) is 0 Å². The van der Waals surface area contributed by atoms with E-state index in [4.69, 9.17) is 11.6 Å². The zero-order valence-corrected chi connectivity index (χ0v) is 11.2. The third-order valence-electron chi connectivity index (χ3n) is 2.44. The van der Waals surface area contributed by atoms with E-state index in [1.807, 2.05) is 36.4 Å². The van der Waals surface area contributed by atoms with Crippen LogP contribution in [0.2, 0.25) is 5.02 Å². The first-order valence-corrected chi connectivity index (χ1v) is 5.91. The first-order valence-electron chi connectivity index (χ1n) is 5.53. The van der Waals surface area contributed by atoms with Crippen LogP contribution in [0.3, 0.4) is 0 Å². The quantitative estimate of drug-likeness (QED) is 0.437. The van der Waals surface area contributed by atoms with Gasteiger partial charge in [0.15, 0.2) is 0 Å². The van der Waals surface area contributed by atoms with Gasteiger partial charge in [-0.3, -0.25) is 4.79 Å². The number of aldehydes is 1. The first kappa shape index (κ1) is 13.7. The van der Waals surface area contributed by atoms with Crippen molar-refractivity contribution in [3.8, 4) is 0 Å². The highest BCUT2D eigenvalue weighted by atomic mass is 35.5. The van der Waals surface area contributed by atoms with Crippen molar-refractivity contribution >= 4 is 24.0 Å². The summed E-state index contributed by atoms with van der Waals surface area (Å²) in [4.78, 5) is 10.6. The number of allylic oxidation sites excluding steroid dienone is 3. The number of halogens is 1. The molecule has 2 heteroatoms. The Morgan fingerprint density at radius 2 is 1.76 bits per heavy atom. The lowest BCUT2D eigenvalue weighted by Crippen LogP contribution is -2.07. The molecule has 0 aliphatic rings. The molecule has 90 valence electrons. The maximum absolute atomic E-state index is 10.6. The largest absolute Gasteiger partial charge is 0.299 e. The van der Waals surface area contributed by atoms with Gasteiger partial charge in [-0.25, -0.2) is 0 Å². The molecule has 17 heavy (non-hydrogen) atoms. The van der Waals surface area contributed by atoms with Crippen molar-refractivity contribution in [2.45, 2.75) is 20.8 Å². The second kappa shape index (κ2) is 5.83. The SMILES string of the molecule is CC(C)(C)C(/C=C/c1ccc(Cl)cc1)=C/C=O. The molecule has 0 fully saturated rings. The highest BCUT2D eigenvalue weighted by Gasteiger charge is 2.13. The van der Waals surface area contributed by atoms with Gasteiger partial charge in [0.05, 0.1) is 0 Å². The van der Waals surface area contributed by atoms with Crippen molar-refractivity contribution in [2.24, 2.45) is 5.41 Å². The molecule has 0 radical (unpaired) electrons. The van der Waals surface area contributed by atoms with Crippen LogP contribution in [0, 0.1) is 5.41 Å². The van der Waals surface area contributed by atoms with E-state index in [1.54, 1.807) is 6.08 Å². The van der Waals surface area contributed by atoms with E-state index in [2.05, 4.69) is 20.8 Å². The molecule has 0 heterocycles. The van der Waals surface area contributed by atoms with Crippen molar-refractivity contribution in [1.29, 1.82) is 0 Å². The number of rotatable bonds is 3. The Balaban J connectivity index is 2.91. The number of hydrogen-bond acceptors (Lipinski definition) is 1. The van der Waals surface area contributed by atoms with Crippen LogP contribution in [0.5, 0.6) is 0 Å². The number of benzene rings is 1. The van der Waals surface area contributed by atoms with Crippen LogP contribution in [0.1, 0.15) is 26.3 Å². The molecule has 0 saturated heterocycles. The first-order chi connectivity index (χ1) is 7.93. The van der Waals surface area contributed by atoms with Crippen molar-refractivity contribution in [1.82, 2.24) is 0 Å². The molecule has 1 aromatic carbocycles. The average molecular weight is 249 g/mol. The average Bonchev–Trinajstić information content (AvgIpc) is 2.25. The van der Waals surface area contributed by atoms with Crippen LogP contribution >= 0.6 is 11.6 Å². The molecular weight excluding hydrogens is 232 g/mol. The molecule has 0 spiro atoms. The molecule has 0 amide bonds. The zero-order valence-electron chi connectivity index (χ0n) is 10.4. The van der Waals surface area contributed by atoms with E-state index in [-0.39, 0.29) is 5.41 Å². The van der Waals surface area contributed by atoms with Crippen molar-refractivity contribution < 1.29 is 4.79 Å². The predicted octanol–water partition coefficient (Wildman–Crippen LogP) is 4.52. The number of carbonyl (C=O) groups excluding carboxylic acids is 1. The standard InChI is InChI=1S/C15H17ClO/c1-15(2,3)13(10-11-17)7-4-12-5-8-14(16)9-6-12/h4-11H,1-3H3/b7-4+,13-10+. The molecule has 1 rings (SSSR count). The third kappa shape index (κ3) is 4.58. The van der Waals surface area contributed by atoms with Crippen LogP contribution < -0.4 is 0 Å². The Morgan fingerprint density at radius 3 is 2.24 bits per heavy atom. The van der Waals surface area contributed by atoms with Crippen molar-refractivity contribution in [3.05, 3.63) is 52.6 Å². The Bertz CT molecular complexity index is 433. The highest BCUT2D eigenvalue weighted by Crippen LogP contribution is 2.26. The van der Waals surface area contributed by atoms with E-state index >= 15 is 0 Å². The Morgan fingerprint density at radius 1 is 1.18 bits per heavy atom. The van der Waals surface area contributed by atoms with Crippen LogP contribution in [0.4, 0.5) is 0 Å². The highest BCUT2D eigenvalue weighted by molar-refractivity contribution is 6.30. The van der Waals surface area contributed by atoms with Gasteiger partial charge >= 0.3 is 0 Å². The monoisotopic (exact) mass is 248 g/mol. The minimum absolute atomic E-state index is 0.0379. The summed E-state index contributed by atoms with van der Waals surface area (Å²) in [6, 6.07) is 7.59. The van der Waals surface area contributed by atoms with E-state index in [0.29, 0.717) is 0 Å². The summed E-state index contributed by atoms with van der Waals surface area (Å²) >= 11 is 5.81. The molecule has 0 atom stereocenters. The summed E-state index contributed by atoms with van der Waals surface area (Å²) in [5.41, 5.74) is 2.03. The van der Waals surface area contributed by atoms with Crippen LogP contribution in [-0.2, 0) is 4.79 Å². The lowest BCUT2D eigenvalue weighted by atomic mass is 9.86. The molecule has 1 nitrogen and oxygen atoms in total. The van der Waals surface area contributed by atoms with E-state index in [9.17, 15) is 4.79 Å². The van der Waals surface area contributed by atoms with E-state index in [1.165, 1.54) is 0 Å². The number of hydrogen-bond donors (Lipinski definition) is 0. The second-order valence-corrected chi connectivity index (χ2v) is 5.33. The topological polar surface area (TPSA) is 17.1 Å². The van der Waals surface area contributed by atoms with Gasteiger partial charge in [-0.2, -0.15) is 0 Å². The van der Waals surface area contributed by atoms with Gasteiger partial charge in [0, 0.05) is 5.02 Å². The van der Waals surface area contributed by atoms with Crippen LogP contribution in [-0.4, -0.2) is 6.29 Å². The summed E-state index contributed by atoms with van der Waals surface area (Å²) in [5.74, 6) is 0. The van der Waals surface area contributed by atoms with Crippen molar-refractivity contribution in [3.63, 3.8) is 0 Å². The summed E-state index contributed by atoms with van der Waals surface area (Å²) in [7, 11) is 0. The molecule has 1 aromatic rings. The molecular formula is C15H17ClO. The fraction of sp³-hybridized carbons (Fsp3) is 0.267. The summed E-state index contributed by atoms with van der Waals surface area (Å²) in [5, 5.41) is 0.724. The third-order valence-corrected chi connectivity index (χ3v) is 2.69. The van der Waals surface area contributed by atoms with Gasteiger partial charge in [0.1, 0.15) is 6.29 Å². The number of carbonyl (C=O) groups is 1. The molecule has 0 aromatic heterocycles. The minimum Gasteiger partial charge on any atom is -0.299 e. The second-order valence-electron chi connectivity index (χ2n) is 4.89. The van der Waals surface area contributed by atoms with Crippen LogP contribution in [0.25, 0.3) is 6.08 Å². The molecule has 0 unspecified atom stereocenters. The fourth-order valence-electron chi connectivity index (χ4n) is 1.39. The summed E-state index contributed by atoms with van der Waals surface area (Å²) in [6.07, 6.45) is 6.38. The Labute approximate surface area is 108 Å². The molecule has 0 bridgehead atoms. The summed E-state index contributed by atoms with van der Waals surface area (Å²) < 4.78 is 0. The lowest BCUT2D eigenvalue weighted by Gasteiger charge is -2.19. The molecule has 0 aliphatic carbocycles. The van der Waals surface area contributed by atoms with Crippen LogP contribution in [0.15, 0.2) is 42.0 Å². The Kier molecular flexibility index (Phi) is 4.71. The zero-order chi connectivity index (χ0) is 12.9. The van der Waals surface area contributed by atoms with Crippen molar-refractivity contribution in [2.75, 3.05) is 0 Å². The van der Waals surface area contributed by atoms with E-state index < -0.39 is 0 Å². The van der Waals surface area contributed by atoms with Gasteiger partial charge in [-0.1, -0.05) is 56.7 Å². The maximum atomic E-state index is 10.6. The Hall–Kier alpha value is -1.34. The van der Waals surface area contributed by atoms with E-state index in [0.717, 1.165) is 22.4 Å². The predicted molar refractivity (Wildman–Crippen MR) is 74.1 cm³/mol. The molecule has 0 saturated carbocycles. The normalized spacial score (nSPS) is 13.1. The van der Waals surface area contributed by atoms with Gasteiger partial charge in [-0.05, 0) is 34.8 Å². The summed E-state index contributed by atoms with van der Waals surface area (Å²) in [6.45, 7) is 6.23. The maximum Gasteiger partial charge on any atom is 0.143 e. The fourth-order valence-corrected chi connectivity index (χ4v) is 1.51.